The molecule has 3 nitrogen and oxygen atoms in total. The number of esters is 1. The van der Waals surface area contributed by atoms with Crippen molar-refractivity contribution in [1.29, 1.82) is 0 Å². The summed E-state index contributed by atoms with van der Waals surface area (Å²) in [6, 6.07) is 1.38. The first kappa shape index (κ1) is 9.71. The Morgan fingerprint density at radius 3 is 2.86 bits per heavy atom. The van der Waals surface area contributed by atoms with Crippen molar-refractivity contribution < 1.29 is 9.53 Å². The van der Waals surface area contributed by atoms with Crippen molar-refractivity contribution in [3.8, 4) is 0 Å². The van der Waals surface area contributed by atoms with Gasteiger partial charge in [0.05, 0.1) is 7.11 Å². The molecule has 0 aromatic heterocycles. The Kier molecular flexibility index (Phi) is 2.59. The van der Waals surface area contributed by atoms with Crippen LogP contribution >= 0.6 is 0 Å². The zero-order chi connectivity index (χ0) is 10.1. The predicted octanol–water partition coefficient (Wildman–Crippen LogP) is 1.34. The Hall–Kier alpha value is -0.830. The molecule has 1 saturated carbocycles. The summed E-state index contributed by atoms with van der Waals surface area (Å²) in [6.07, 6.45) is 5.33. The van der Waals surface area contributed by atoms with Crippen LogP contribution in [0.1, 0.15) is 26.2 Å². The molecule has 1 saturated heterocycles. The van der Waals surface area contributed by atoms with Gasteiger partial charge >= 0.3 is 5.97 Å². The molecule has 1 unspecified atom stereocenters. The minimum absolute atomic E-state index is 0.218. The summed E-state index contributed by atoms with van der Waals surface area (Å²) in [5.74, 6) is -0.218. The monoisotopic (exact) mass is 195 g/mol. The Balaban J connectivity index is 1.97. The minimum atomic E-state index is -0.218. The van der Waals surface area contributed by atoms with E-state index in [9.17, 15) is 4.79 Å². The van der Waals surface area contributed by atoms with Crippen LogP contribution in [0.2, 0.25) is 0 Å². The lowest BCUT2D eigenvalue weighted by molar-refractivity contribution is -0.134. The van der Waals surface area contributed by atoms with Crippen molar-refractivity contribution >= 4 is 5.97 Å². The van der Waals surface area contributed by atoms with Crippen LogP contribution in [0.4, 0.5) is 0 Å². The smallest absolute Gasteiger partial charge is 0.330 e. The fraction of sp³-hybridized carbons (Fsp3) is 0.727. The molecule has 1 heterocycles. The number of nitrogens with zero attached hydrogens (tertiary/aromatic N) is 1. The molecule has 0 aromatic rings. The van der Waals surface area contributed by atoms with Gasteiger partial charge in [-0.1, -0.05) is 0 Å². The third kappa shape index (κ3) is 1.98. The maximum atomic E-state index is 11.0. The summed E-state index contributed by atoms with van der Waals surface area (Å²) in [5, 5.41) is 0. The topological polar surface area (TPSA) is 29.5 Å². The van der Waals surface area contributed by atoms with Gasteiger partial charge in [0, 0.05) is 24.7 Å². The van der Waals surface area contributed by atoms with E-state index in [1.165, 1.54) is 25.5 Å². The molecule has 3 heteroatoms. The van der Waals surface area contributed by atoms with Crippen LogP contribution in [0, 0.1) is 0 Å². The van der Waals surface area contributed by atoms with Crippen LogP contribution in [0.15, 0.2) is 11.6 Å². The molecular weight excluding hydrogens is 178 g/mol. The van der Waals surface area contributed by atoms with E-state index >= 15 is 0 Å². The van der Waals surface area contributed by atoms with Crippen LogP contribution in [0.25, 0.3) is 0 Å². The van der Waals surface area contributed by atoms with Crippen molar-refractivity contribution in [1.82, 2.24) is 4.90 Å². The summed E-state index contributed by atoms with van der Waals surface area (Å²) < 4.78 is 4.62. The molecule has 0 aromatic carbocycles. The SMILES string of the molecule is COC(=O)/C=C1\CC(C)N(C2CC2)C1. The van der Waals surface area contributed by atoms with Crippen LogP contribution in [0.3, 0.4) is 0 Å². The second-order valence-electron chi connectivity index (χ2n) is 4.28. The Morgan fingerprint density at radius 1 is 1.57 bits per heavy atom. The highest BCUT2D eigenvalue weighted by atomic mass is 16.5. The van der Waals surface area contributed by atoms with Gasteiger partial charge in [-0.15, -0.1) is 0 Å². The minimum Gasteiger partial charge on any atom is -0.466 e. The lowest BCUT2D eigenvalue weighted by Gasteiger charge is -2.19. The average Bonchev–Trinajstić information content (AvgIpc) is 2.92. The van der Waals surface area contributed by atoms with Gasteiger partial charge in [-0.3, -0.25) is 4.90 Å². The van der Waals surface area contributed by atoms with Crippen molar-refractivity contribution in [3.05, 3.63) is 11.6 Å². The van der Waals surface area contributed by atoms with E-state index in [1.54, 1.807) is 6.08 Å². The first-order valence-electron chi connectivity index (χ1n) is 5.24. The van der Waals surface area contributed by atoms with Crippen LogP contribution in [-0.4, -0.2) is 36.6 Å². The van der Waals surface area contributed by atoms with Gasteiger partial charge in [0.2, 0.25) is 0 Å². The van der Waals surface area contributed by atoms with Gasteiger partial charge in [-0.2, -0.15) is 0 Å². The second-order valence-corrected chi connectivity index (χ2v) is 4.28. The third-order valence-corrected chi connectivity index (χ3v) is 3.05. The maximum Gasteiger partial charge on any atom is 0.330 e. The van der Waals surface area contributed by atoms with Gasteiger partial charge in [0.25, 0.3) is 0 Å². The third-order valence-electron chi connectivity index (χ3n) is 3.05. The highest BCUT2D eigenvalue weighted by Gasteiger charge is 2.36. The number of carbonyl (C=O) groups excluding carboxylic acids is 1. The zero-order valence-corrected chi connectivity index (χ0v) is 8.82. The summed E-state index contributed by atoms with van der Waals surface area (Å²) in [5.41, 5.74) is 1.22. The predicted molar refractivity (Wildman–Crippen MR) is 53.9 cm³/mol. The van der Waals surface area contributed by atoms with E-state index < -0.39 is 0 Å². The normalized spacial score (nSPS) is 31.0. The van der Waals surface area contributed by atoms with Gasteiger partial charge in [-0.25, -0.2) is 4.79 Å². The average molecular weight is 195 g/mol. The molecule has 2 aliphatic rings. The zero-order valence-electron chi connectivity index (χ0n) is 8.82. The molecule has 1 aliphatic heterocycles. The molecule has 78 valence electrons. The van der Waals surface area contributed by atoms with E-state index in [0.717, 1.165) is 19.0 Å². The number of hydrogen-bond acceptors (Lipinski definition) is 3. The molecule has 1 aliphatic carbocycles. The van der Waals surface area contributed by atoms with E-state index in [0.29, 0.717) is 6.04 Å². The van der Waals surface area contributed by atoms with E-state index in [-0.39, 0.29) is 5.97 Å². The molecule has 14 heavy (non-hydrogen) atoms. The number of rotatable bonds is 2. The summed E-state index contributed by atoms with van der Waals surface area (Å²) in [6.45, 7) is 3.19. The molecule has 0 bridgehead atoms. The number of ether oxygens (including phenoxy) is 1. The highest BCUT2D eigenvalue weighted by molar-refractivity contribution is 5.82. The fourth-order valence-electron chi connectivity index (χ4n) is 2.18. The first-order valence-corrected chi connectivity index (χ1v) is 5.24. The number of likely N-dealkylation sites (tertiary alicyclic amines) is 1. The van der Waals surface area contributed by atoms with Gasteiger partial charge < -0.3 is 4.74 Å². The highest BCUT2D eigenvalue weighted by Crippen LogP contribution is 2.34. The summed E-state index contributed by atoms with van der Waals surface area (Å²) in [4.78, 5) is 13.5. The van der Waals surface area contributed by atoms with E-state index in [1.807, 2.05) is 0 Å². The molecule has 0 spiro atoms. The van der Waals surface area contributed by atoms with Crippen molar-refractivity contribution in [2.45, 2.75) is 38.3 Å². The Bertz CT molecular complexity index is 268. The van der Waals surface area contributed by atoms with Crippen LogP contribution in [0.5, 0.6) is 0 Å². The van der Waals surface area contributed by atoms with Gasteiger partial charge in [-0.05, 0) is 31.8 Å². The number of hydrogen-bond donors (Lipinski definition) is 0. The Morgan fingerprint density at radius 2 is 2.29 bits per heavy atom. The second kappa shape index (κ2) is 3.73. The lowest BCUT2D eigenvalue weighted by atomic mass is 10.1. The molecule has 2 rings (SSSR count). The van der Waals surface area contributed by atoms with Crippen molar-refractivity contribution in [2.24, 2.45) is 0 Å². The quantitative estimate of drug-likeness (QED) is 0.492. The molecule has 0 N–H and O–H groups in total. The molecule has 2 fully saturated rings. The van der Waals surface area contributed by atoms with Crippen molar-refractivity contribution in [2.75, 3.05) is 13.7 Å². The number of methoxy groups -OCH3 is 1. The van der Waals surface area contributed by atoms with Crippen LogP contribution in [-0.2, 0) is 9.53 Å². The first-order chi connectivity index (χ1) is 6.70. The van der Waals surface area contributed by atoms with Gasteiger partial charge in [0.1, 0.15) is 0 Å². The molecule has 0 radical (unpaired) electrons. The summed E-state index contributed by atoms with van der Waals surface area (Å²) in [7, 11) is 1.43. The molecular formula is C11H17NO2. The maximum absolute atomic E-state index is 11.0. The summed E-state index contributed by atoms with van der Waals surface area (Å²) >= 11 is 0. The standard InChI is InChI=1S/C11H17NO2/c1-8-5-9(6-11(13)14-2)7-12(8)10-3-4-10/h6,8,10H,3-5,7H2,1-2H3/b9-6+. The molecule has 0 amide bonds. The fourth-order valence-corrected chi connectivity index (χ4v) is 2.18. The van der Waals surface area contributed by atoms with Gasteiger partial charge in [0.15, 0.2) is 0 Å². The Labute approximate surface area is 84.7 Å². The lowest BCUT2D eigenvalue weighted by Crippen LogP contribution is -2.28. The van der Waals surface area contributed by atoms with E-state index in [2.05, 4.69) is 16.6 Å². The largest absolute Gasteiger partial charge is 0.466 e. The van der Waals surface area contributed by atoms with Crippen LogP contribution < -0.4 is 0 Å². The van der Waals surface area contributed by atoms with Crippen molar-refractivity contribution in [3.63, 3.8) is 0 Å². The molecule has 1 atom stereocenters. The number of carbonyl (C=O) groups is 1. The van der Waals surface area contributed by atoms with E-state index in [4.69, 9.17) is 0 Å².